The third-order valence-corrected chi connectivity index (χ3v) is 10.7. The standard InChI is InChI=1S/C46H42O4/c1-7-29(2)49-35-20-16-33(17-21-35)46(32-14-18-34(47-5)19-15-32)26-25-39-43-42(40-28-36(48-6)22-24-37(40)44(39)50-46)38-23-13-31(27-41(38)45(43,3)4)30-11-9-8-10-12-30/h8-29H,7H2,1-6H3. The second kappa shape index (κ2) is 12.1. The van der Waals surface area contributed by atoms with Gasteiger partial charge in [-0.1, -0.05) is 93.6 Å². The van der Waals surface area contributed by atoms with E-state index in [4.69, 9.17) is 18.9 Å². The highest BCUT2D eigenvalue weighted by molar-refractivity contribution is 6.09. The lowest BCUT2D eigenvalue weighted by Gasteiger charge is -2.38. The SMILES string of the molecule is CCC(C)Oc1ccc(C2(c3ccc(OC)cc3)C=Cc3c4c(c5cc(OC)ccc5c3O2)-c2ccc(-c3ccccc3)cc2C4(C)C)cc1. The predicted molar refractivity (Wildman–Crippen MR) is 204 cm³/mol. The largest absolute Gasteiger partial charge is 0.497 e. The lowest BCUT2D eigenvalue weighted by Crippen LogP contribution is -2.35. The van der Waals surface area contributed by atoms with E-state index in [2.05, 4.69) is 137 Å². The molecule has 2 atom stereocenters. The van der Waals surface area contributed by atoms with E-state index in [9.17, 15) is 0 Å². The Morgan fingerprint density at radius 2 is 1.34 bits per heavy atom. The zero-order chi connectivity index (χ0) is 34.6. The van der Waals surface area contributed by atoms with Crippen molar-refractivity contribution in [2.75, 3.05) is 14.2 Å². The van der Waals surface area contributed by atoms with E-state index in [0.717, 1.165) is 56.9 Å². The van der Waals surface area contributed by atoms with Crippen LogP contribution in [-0.4, -0.2) is 20.3 Å². The van der Waals surface area contributed by atoms with Gasteiger partial charge in [-0.15, -0.1) is 0 Å². The molecule has 8 rings (SSSR count). The van der Waals surface area contributed by atoms with Crippen molar-refractivity contribution in [3.05, 3.63) is 149 Å². The molecule has 1 aliphatic heterocycles. The molecule has 1 aliphatic carbocycles. The Morgan fingerprint density at radius 3 is 2.00 bits per heavy atom. The molecule has 1 heterocycles. The molecule has 2 aliphatic rings. The van der Waals surface area contributed by atoms with Gasteiger partial charge >= 0.3 is 0 Å². The minimum Gasteiger partial charge on any atom is -0.497 e. The van der Waals surface area contributed by atoms with Gasteiger partial charge in [0.15, 0.2) is 5.60 Å². The summed E-state index contributed by atoms with van der Waals surface area (Å²) in [5.41, 5.74) is 9.44. The van der Waals surface area contributed by atoms with E-state index in [-0.39, 0.29) is 11.5 Å². The van der Waals surface area contributed by atoms with Gasteiger partial charge in [0, 0.05) is 27.5 Å². The quantitative estimate of drug-likeness (QED) is 0.163. The van der Waals surface area contributed by atoms with Crippen molar-refractivity contribution < 1.29 is 18.9 Å². The van der Waals surface area contributed by atoms with E-state index < -0.39 is 5.60 Å². The topological polar surface area (TPSA) is 36.9 Å². The number of hydrogen-bond donors (Lipinski definition) is 0. The van der Waals surface area contributed by atoms with Crippen molar-refractivity contribution in [3.8, 4) is 45.3 Å². The first-order valence-corrected chi connectivity index (χ1v) is 17.5. The predicted octanol–water partition coefficient (Wildman–Crippen LogP) is 11.4. The van der Waals surface area contributed by atoms with E-state index in [0.29, 0.717) is 0 Å². The Hall–Kier alpha value is -5.48. The average Bonchev–Trinajstić information content (AvgIpc) is 3.41. The van der Waals surface area contributed by atoms with Gasteiger partial charge in [0.1, 0.15) is 23.0 Å². The number of ether oxygens (including phenoxy) is 4. The van der Waals surface area contributed by atoms with Crippen LogP contribution in [0.4, 0.5) is 0 Å². The zero-order valence-electron chi connectivity index (χ0n) is 29.5. The van der Waals surface area contributed by atoms with Crippen molar-refractivity contribution in [2.24, 2.45) is 0 Å². The number of hydrogen-bond acceptors (Lipinski definition) is 4. The van der Waals surface area contributed by atoms with Crippen LogP contribution < -0.4 is 18.9 Å². The van der Waals surface area contributed by atoms with Gasteiger partial charge in [0.05, 0.1) is 20.3 Å². The van der Waals surface area contributed by atoms with Crippen molar-refractivity contribution in [2.45, 2.75) is 51.2 Å². The van der Waals surface area contributed by atoms with Crippen molar-refractivity contribution in [3.63, 3.8) is 0 Å². The van der Waals surface area contributed by atoms with Crippen LogP contribution in [-0.2, 0) is 11.0 Å². The minimum atomic E-state index is -0.897. The smallest absolute Gasteiger partial charge is 0.178 e. The Bertz CT molecular complexity index is 2250. The van der Waals surface area contributed by atoms with Crippen LogP contribution in [0.5, 0.6) is 23.0 Å². The van der Waals surface area contributed by atoms with Crippen LogP contribution in [0.3, 0.4) is 0 Å². The van der Waals surface area contributed by atoms with Gasteiger partial charge in [-0.05, 0) is 107 Å². The summed E-state index contributed by atoms with van der Waals surface area (Å²) in [6.07, 6.45) is 5.60. The van der Waals surface area contributed by atoms with E-state index in [1.807, 2.05) is 18.2 Å². The molecule has 0 amide bonds. The summed E-state index contributed by atoms with van der Waals surface area (Å²) >= 11 is 0. The zero-order valence-corrected chi connectivity index (χ0v) is 29.5. The summed E-state index contributed by atoms with van der Waals surface area (Å²) in [6, 6.07) is 40.5. The molecule has 0 fully saturated rings. The Labute approximate surface area is 294 Å². The molecule has 0 N–H and O–H groups in total. The molecule has 0 aromatic heterocycles. The molecular formula is C46H42O4. The first-order chi connectivity index (χ1) is 24.3. The van der Waals surface area contributed by atoms with E-state index in [1.165, 1.54) is 33.4 Å². The minimum absolute atomic E-state index is 0.135. The second-order valence-electron chi connectivity index (χ2n) is 13.9. The van der Waals surface area contributed by atoms with Gasteiger partial charge < -0.3 is 18.9 Å². The van der Waals surface area contributed by atoms with Gasteiger partial charge in [-0.2, -0.15) is 0 Å². The first-order valence-electron chi connectivity index (χ1n) is 17.5. The summed E-state index contributed by atoms with van der Waals surface area (Å²) in [5.74, 6) is 3.32. The normalized spacial score (nSPS) is 17.3. The van der Waals surface area contributed by atoms with E-state index >= 15 is 0 Å². The Balaban J connectivity index is 1.36. The lowest BCUT2D eigenvalue weighted by molar-refractivity contribution is 0.163. The molecule has 6 aromatic carbocycles. The molecule has 0 saturated carbocycles. The van der Waals surface area contributed by atoms with Crippen molar-refractivity contribution >= 4 is 16.8 Å². The van der Waals surface area contributed by atoms with Crippen LogP contribution in [0.25, 0.3) is 39.1 Å². The summed E-state index contributed by atoms with van der Waals surface area (Å²) in [5, 5.41) is 2.17. The second-order valence-corrected chi connectivity index (χ2v) is 13.9. The molecule has 6 aromatic rings. The molecule has 50 heavy (non-hydrogen) atoms. The van der Waals surface area contributed by atoms with Crippen LogP contribution >= 0.6 is 0 Å². The van der Waals surface area contributed by atoms with E-state index in [1.54, 1.807) is 14.2 Å². The number of benzene rings is 6. The molecular weight excluding hydrogens is 617 g/mol. The summed E-state index contributed by atoms with van der Waals surface area (Å²) in [4.78, 5) is 0. The van der Waals surface area contributed by atoms with Crippen LogP contribution in [0.1, 0.15) is 61.9 Å². The van der Waals surface area contributed by atoms with Gasteiger partial charge in [0.2, 0.25) is 0 Å². The highest BCUT2D eigenvalue weighted by Gasteiger charge is 2.44. The molecule has 2 unspecified atom stereocenters. The average molecular weight is 659 g/mol. The van der Waals surface area contributed by atoms with Gasteiger partial charge in [-0.25, -0.2) is 0 Å². The van der Waals surface area contributed by atoms with Crippen molar-refractivity contribution in [1.29, 1.82) is 0 Å². The first kappa shape index (κ1) is 31.8. The third-order valence-electron chi connectivity index (χ3n) is 10.7. The maximum Gasteiger partial charge on any atom is 0.178 e. The maximum atomic E-state index is 7.50. The summed E-state index contributed by atoms with van der Waals surface area (Å²) in [6.45, 7) is 8.91. The number of rotatable bonds is 8. The summed E-state index contributed by atoms with van der Waals surface area (Å²) in [7, 11) is 3.42. The Kier molecular flexibility index (Phi) is 7.71. The van der Waals surface area contributed by atoms with Crippen LogP contribution in [0.2, 0.25) is 0 Å². The number of methoxy groups -OCH3 is 2. The Morgan fingerprint density at radius 1 is 0.680 bits per heavy atom. The molecule has 0 bridgehead atoms. The highest BCUT2D eigenvalue weighted by Crippen LogP contribution is 2.59. The molecule has 0 spiro atoms. The highest BCUT2D eigenvalue weighted by atomic mass is 16.5. The molecule has 0 radical (unpaired) electrons. The van der Waals surface area contributed by atoms with Gasteiger partial charge in [-0.3, -0.25) is 0 Å². The van der Waals surface area contributed by atoms with Crippen molar-refractivity contribution in [1.82, 2.24) is 0 Å². The summed E-state index contributed by atoms with van der Waals surface area (Å²) < 4.78 is 25.0. The lowest BCUT2D eigenvalue weighted by atomic mass is 9.76. The number of fused-ring (bicyclic) bond motifs is 8. The molecule has 4 nitrogen and oxygen atoms in total. The molecule has 0 saturated heterocycles. The van der Waals surface area contributed by atoms with Crippen LogP contribution in [0, 0.1) is 0 Å². The third kappa shape index (κ3) is 4.96. The maximum absolute atomic E-state index is 7.50. The fourth-order valence-electron chi connectivity index (χ4n) is 7.81. The molecule has 250 valence electrons. The van der Waals surface area contributed by atoms with Crippen LogP contribution in [0.15, 0.2) is 121 Å². The fourth-order valence-corrected chi connectivity index (χ4v) is 7.81. The van der Waals surface area contributed by atoms with Gasteiger partial charge in [0.25, 0.3) is 0 Å². The monoisotopic (exact) mass is 658 g/mol. The fraction of sp³-hybridized carbons (Fsp3) is 0.217. The molecule has 4 heteroatoms.